The molecule has 0 unspecified atom stereocenters. The lowest BCUT2D eigenvalue weighted by molar-refractivity contribution is -0.137. The Morgan fingerprint density at radius 2 is 1.82 bits per heavy atom. The van der Waals surface area contributed by atoms with Gasteiger partial charge in [0.05, 0.1) is 52.8 Å². The quantitative estimate of drug-likeness (QED) is 0.718. The average molecular weight is 463 g/mol. The second-order valence-electron chi connectivity index (χ2n) is 9.10. The molecule has 2 bridgehead atoms. The van der Waals surface area contributed by atoms with Crippen LogP contribution in [0.25, 0.3) is 5.69 Å². The third-order valence-electron chi connectivity index (χ3n) is 7.15. The van der Waals surface area contributed by atoms with E-state index in [1.807, 2.05) is 6.92 Å². The summed E-state index contributed by atoms with van der Waals surface area (Å²) in [6.07, 6.45) is -2.91. The average Bonchev–Trinajstić information content (AvgIpc) is 3.37. The van der Waals surface area contributed by atoms with Crippen molar-refractivity contribution >= 4 is 0 Å². The smallest absolute Gasteiger partial charge is 0.417 e. The van der Waals surface area contributed by atoms with E-state index in [1.165, 1.54) is 6.07 Å². The van der Waals surface area contributed by atoms with Gasteiger partial charge < -0.3 is 19.7 Å². The molecule has 1 aromatic carbocycles. The van der Waals surface area contributed by atoms with Gasteiger partial charge in [0.15, 0.2) is 0 Å². The maximum atomic E-state index is 13.5. The molecule has 0 amide bonds. The number of rotatable bonds is 4. The first-order valence-corrected chi connectivity index (χ1v) is 10.9. The highest BCUT2D eigenvalue weighted by Gasteiger charge is 2.61. The molecule has 4 heterocycles. The second-order valence-corrected chi connectivity index (χ2v) is 9.10. The third-order valence-corrected chi connectivity index (χ3v) is 7.15. The van der Waals surface area contributed by atoms with Crippen molar-refractivity contribution in [1.29, 1.82) is 5.26 Å². The summed E-state index contributed by atoms with van der Waals surface area (Å²) in [5.74, 6) is -0.665. The van der Waals surface area contributed by atoms with E-state index in [1.54, 1.807) is 6.07 Å². The van der Waals surface area contributed by atoms with Crippen molar-refractivity contribution in [3.8, 4) is 23.5 Å². The molecule has 2 N–H and O–H groups in total. The normalized spacial score (nSPS) is 27.0. The predicted molar refractivity (Wildman–Crippen MR) is 110 cm³/mol. The molecule has 33 heavy (non-hydrogen) atoms. The summed E-state index contributed by atoms with van der Waals surface area (Å²) in [6.45, 7) is 5.44. The maximum Gasteiger partial charge on any atom is 0.417 e. The lowest BCUT2D eigenvalue weighted by atomic mass is 9.77. The zero-order valence-electron chi connectivity index (χ0n) is 18.1. The lowest BCUT2D eigenvalue weighted by Gasteiger charge is -2.32. The minimum absolute atomic E-state index is 0.0722. The van der Waals surface area contributed by atoms with Crippen molar-refractivity contribution in [1.82, 2.24) is 9.47 Å². The summed E-state index contributed by atoms with van der Waals surface area (Å²) in [5, 5.41) is 31.3. The molecule has 5 rings (SSSR count). The van der Waals surface area contributed by atoms with Gasteiger partial charge in [-0.1, -0.05) is 0 Å². The molecule has 3 aliphatic heterocycles. The van der Waals surface area contributed by atoms with Crippen LogP contribution >= 0.6 is 0 Å². The summed E-state index contributed by atoms with van der Waals surface area (Å²) >= 11 is 0. The van der Waals surface area contributed by atoms with Crippen LogP contribution < -0.4 is 0 Å². The Labute approximate surface area is 188 Å². The van der Waals surface area contributed by atoms with Crippen LogP contribution in [0.3, 0.4) is 0 Å². The van der Waals surface area contributed by atoms with Gasteiger partial charge in [0.25, 0.3) is 0 Å². The second kappa shape index (κ2) is 7.38. The number of benzene rings is 1. The molecule has 2 saturated heterocycles. The molecule has 0 spiro atoms. The van der Waals surface area contributed by atoms with Gasteiger partial charge in [-0.05, 0) is 44.4 Å². The number of aromatic hydroxyl groups is 2. The Morgan fingerprint density at radius 3 is 2.48 bits per heavy atom. The van der Waals surface area contributed by atoms with Gasteiger partial charge in [-0.3, -0.25) is 9.47 Å². The topological polar surface area (TPSA) is 90.9 Å². The van der Waals surface area contributed by atoms with Crippen LogP contribution in [0, 0.1) is 11.3 Å². The summed E-state index contributed by atoms with van der Waals surface area (Å²) in [6, 6.07) is 4.65. The van der Waals surface area contributed by atoms with E-state index in [9.17, 15) is 23.4 Å². The predicted octanol–water partition coefficient (Wildman–Crippen LogP) is 3.74. The number of nitriles is 1. The molecule has 3 aliphatic rings. The Morgan fingerprint density at radius 1 is 1.12 bits per heavy atom. The number of morpholine rings is 1. The van der Waals surface area contributed by atoms with E-state index < -0.39 is 28.5 Å². The molecule has 10 heteroatoms. The van der Waals surface area contributed by atoms with Crippen LogP contribution in [-0.4, -0.2) is 52.5 Å². The molecular weight excluding hydrogens is 439 g/mol. The van der Waals surface area contributed by atoms with Crippen molar-refractivity contribution in [2.45, 2.75) is 43.6 Å². The summed E-state index contributed by atoms with van der Waals surface area (Å²) in [7, 11) is 0. The van der Waals surface area contributed by atoms with Gasteiger partial charge in [0.1, 0.15) is 5.60 Å². The van der Waals surface area contributed by atoms with Gasteiger partial charge in [0.2, 0.25) is 11.8 Å². The van der Waals surface area contributed by atoms with Crippen LogP contribution in [0.4, 0.5) is 13.2 Å². The number of alkyl halides is 3. The number of ether oxygens (including phenoxy) is 2. The first-order valence-electron chi connectivity index (χ1n) is 10.9. The molecular formula is C23H24F3N3O4. The number of halogens is 3. The van der Waals surface area contributed by atoms with Crippen molar-refractivity contribution < 1.29 is 32.9 Å². The first kappa shape index (κ1) is 22.1. The largest absolute Gasteiger partial charge is 0.494 e. The third kappa shape index (κ3) is 3.29. The summed E-state index contributed by atoms with van der Waals surface area (Å²) < 4.78 is 53.3. The molecule has 0 radical (unpaired) electrons. The van der Waals surface area contributed by atoms with Crippen LogP contribution in [-0.2, 0) is 26.9 Å². The van der Waals surface area contributed by atoms with Crippen LogP contribution in [0.1, 0.15) is 48.4 Å². The van der Waals surface area contributed by atoms with Crippen molar-refractivity contribution in [2.24, 2.45) is 0 Å². The van der Waals surface area contributed by atoms with E-state index in [-0.39, 0.29) is 17.4 Å². The Bertz CT molecular complexity index is 1150. The van der Waals surface area contributed by atoms with Crippen LogP contribution in [0.5, 0.6) is 11.8 Å². The summed E-state index contributed by atoms with van der Waals surface area (Å²) in [4.78, 5) is 2.25. The molecule has 0 aliphatic carbocycles. The number of hydrogen-bond donors (Lipinski definition) is 2. The number of nitrogens with zero attached hydrogens (tertiary/aromatic N) is 3. The van der Waals surface area contributed by atoms with Gasteiger partial charge in [0, 0.05) is 19.6 Å². The monoisotopic (exact) mass is 463 g/mol. The van der Waals surface area contributed by atoms with Crippen molar-refractivity contribution in [3.63, 3.8) is 0 Å². The van der Waals surface area contributed by atoms with Gasteiger partial charge in [-0.15, -0.1) is 0 Å². The minimum Gasteiger partial charge on any atom is -0.494 e. The van der Waals surface area contributed by atoms with E-state index in [2.05, 4.69) is 4.90 Å². The van der Waals surface area contributed by atoms with E-state index in [0.717, 1.165) is 29.8 Å². The van der Waals surface area contributed by atoms with E-state index >= 15 is 0 Å². The SMILES string of the molecule is C[C@@]12CC[C@@](CCN3CCOCC3)(O1)c1c2c(O)n(-c2ccc(C#N)c(C(F)(F)F)c2)c1O. The standard InChI is InChI=1S/C23H24F3N3O4/c1-21-4-5-22(33-21,6-7-28-8-10-32-11-9-28)18-17(21)19(30)29(20(18)31)15-3-2-14(13-27)16(12-15)23(24,25)26/h2-3,12,30-31H,4-11H2,1H3/t21-,22-/m0/s1. The molecule has 176 valence electrons. The van der Waals surface area contributed by atoms with Crippen LogP contribution in [0.15, 0.2) is 18.2 Å². The van der Waals surface area contributed by atoms with Gasteiger partial charge in [-0.2, -0.15) is 18.4 Å². The Hall–Kier alpha value is -2.74. The number of aromatic nitrogens is 1. The molecule has 7 nitrogen and oxygen atoms in total. The fourth-order valence-electron chi connectivity index (χ4n) is 5.52. The van der Waals surface area contributed by atoms with Crippen LogP contribution in [0.2, 0.25) is 0 Å². The van der Waals surface area contributed by atoms with Gasteiger partial charge >= 0.3 is 6.18 Å². The zero-order chi connectivity index (χ0) is 23.6. The van der Waals surface area contributed by atoms with E-state index in [4.69, 9.17) is 14.7 Å². The molecule has 2 atom stereocenters. The molecule has 2 aromatic rings. The lowest BCUT2D eigenvalue weighted by Crippen LogP contribution is -2.39. The summed E-state index contributed by atoms with van der Waals surface area (Å²) in [5.41, 5.74) is -2.52. The molecule has 0 saturated carbocycles. The molecule has 1 aromatic heterocycles. The number of fused-ring (bicyclic) bond motifs is 5. The van der Waals surface area contributed by atoms with Crippen molar-refractivity contribution in [2.75, 3.05) is 32.8 Å². The van der Waals surface area contributed by atoms with E-state index in [0.29, 0.717) is 50.1 Å². The first-order chi connectivity index (χ1) is 15.6. The number of hydrogen-bond acceptors (Lipinski definition) is 6. The Balaban J connectivity index is 1.58. The highest BCUT2D eigenvalue weighted by atomic mass is 19.4. The Kier molecular flexibility index (Phi) is 4.94. The van der Waals surface area contributed by atoms with Gasteiger partial charge in [-0.25, -0.2) is 0 Å². The minimum atomic E-state index is -4.75. The fourth-order valence-corrected chi connectivity index (χ4v) is 5.52. The maximum absolute atomic E-state index is 13.5. The zero-order valence-corrected chi connectivity index (χ0v) is 18.1. The van der Waals surface area contributed by atoms with Crippen molar-refractivity contribution in [3.05, 3.63) is 40.5 Å². The fraction of sp³-hybridized carbons (Fsp3) is 0.522. The molecule has 2 fully saturated rings. The highest BCUT2D eigenvalue weighted by molar-refractivity contribution is 5.61. The highest BCUT2D eigenvalue weighted by Crippen LogP contribution is 2.65.